The average Bonchev–Trinajstić information content (AvgIpc) is 3.23. The first-order valence-corrected chi connectivity index (χ1v) is 9.52. The molecule has 1 aromatic carbocycles. The van der Waals surface area contributed by atoms with Crippen LogP contribution < -0.4 is 9.47 Å². The molecule has 0 N–H and O–H groups in total. The third-order valence-electron chi connectivity index (χ3n) is 5.76. The molecule has 1 aromatic rings. The highest BCUT2D eigenvalue weighted by Gasteiger charge is 2.47. The number of likely N-dealkylation sites (tertiary alicyclic amines) is 1. The van der Waals surface area contributed by atoms with Crippen LogP contribution in [-0.4, -0.2) is 47.9 Å². The standard InChI is InChI=1S/C20H24N2O5/c1-21(11-13-6-7-16-17(10-13)27-12-26-16)18(23)8-9-22-19(24)14-4-2-3-5-15(14)20(22)25/h6-7,10,14-15H,2-5,8-9,11-12H2,1H3/t14-,15-/m1/s1. The maximum atomic E-state index is 12.5. The Morgan fingerprint density at radius 1 is 1.11 bits per heavy atom. The van der Waals surface area contributed by atoms with Gasteiger partial charge in [-0.25, -0.2) is 0 Å². The highest BCUT2D eigenvalue weighted by atomic mass is 16.7. The fraction of sp³-hybridized carbons (Fsp3) is 0.550. The Labute approximate surface area is 158 Å². The van der Waals surface area contributed by atoms with Crippen LogP contribution in [0.5, 0.6) is 11.5 Å². The first-order chi connectivity index (χ1) is 13.0. The highest BCUT2D eigenvalue weighted by molar-refractivity contribution is 6.05. The van der Waals surface area contributed by atoms with Crippen molar-refractivity contribution in [2.75, 3.05) is 20.4 Å². The molecule has 0 unspecified atom stereocenters. The van der Waals surface area contributed by atoms with Gasteiger partial charge in [-0.3, -0.25) is 19.3 Å². The van der Waals surface area contributed by atoms with Gasteiger partial charge < -0.3 is 14.4 Å². The summed E-state index contributed by atoms with van der Waals surface area (Å²) in [7, 11) is 1.72. The maximum absolute atomic E-state index is 12.5. The van der Waals surface area contributed by atoms with Gasteiger partial charge in [-0.1, -0.05) is 18.9 Å². The van der Waals surface area contributed by atoms with E-state index >= 15 is 0 Å². The van der Waals surface area contributed by atoms with Crippen LogP contribution in [-0.2, 0) is 20.9 Å². The predicted octanol–water partition coefficient (Wildman–Crippen LogP) is 1.94. The Morgan fingerprint density at radius 3 is 2.48 bits per heavy atom. The molecule has 144 valence electrons. The first-order valence-electron chi connectivity index (χ1n) is 9.52. The van der Waals surface area contributed by atoms with Crippen molar-refractivity contribution in [1.29, 1.82) is 0 Å². The summed E-state index contributed by atoms with van der Waals surface area (Å²) >= 11 is 0. The minimum Gasteiger partial charge on any atom is -0.454 e. The Morgan fingerprint density at radius 2 is 1.78 bits per heavy atom. The molecule has 0 spiro atoms. The fourth-order valence-electron chi connectivity index (χ4n) is 4.25. The van der Waals surface area contributed by atoms with Gasteiger partial charge in [0.25, 0.3) is 0 Å². The number of benzene rings is 1. The van der Waals surface area contributed by atoms with Gasteiger partial charge >= 0.3 is 0 Å². The second-order valence-electron chi connectivity index (χ2n) is 7.51. The molecule has 2 fully saturated rings. The number of ether oxygens (including phenoxy) is 2. The molecule has 1 saturated heterocycles. The summed E-state index contributed by atoms with van der Waals surface area (Å²) < 4.78 is 10.6. The van der Waals surface area contributed by atoms with Crippen molar-refractivity contribution in [3.05, 3.63) is 23.8 Å². The summed E-state index contributed by atoms with van der Waals surface area (Å²) in [5.74, 6) is 0.805. The highest BCUT2D eigenvalue weighted by Crippen LogP contribution is 2.38. The minimum atomic E-state index is -0.160. The van der Waals surface area contributed by atoms with Crippen molar-refractivity contribution in [3.63, 3.8) is 0 Å². The van der Waals surface area contributed by atoms with Crippen molar-refractivity contribution in [3.8, 4) is 11.5 Å². The topological polar surface area (TPSA) is 76.2 Å². The van der Waals surface area contributed by atoms with E-state index in [1.165, 1.54) is 4.90 Å². The molecule has 2 heterocycles. The minimum absolute atomic E-state index is 0.0871. The largest absolute Gasteiger partial charge is 0.454 e. The molecule has 2 aliphatic heterocycles. The number of carbonyl (C=O) groups is 3. The van der Waals surface area contributed by atoms with Crippen LogP contribution in [0.1, 0.15) is 37.7 Å². The molecule has 0 bridgehead atoms. The zero-order valence-corrected chi connectivity index (χ0v) is 15.5. The van der Waals surface area contributed by atoms with E-state index in [-0.39, 0.29) is 49.3 Å². The number of hydrogen-bond acceptors (Lipinski definition) is 5. The number of carbonyl (C=O) groups excluding carboxylic acids is 3. The van der Waals surface area contributed by atoms with Gasteiger partial charge in [-0.05, 0) is 30.5 Å². The Kier molecular flexibility index (Phi) is 4.76. The van der Waals surface area contributed by atoms with Gasteiger partial charge in [-0.15, -0.1) is 0 Å². The fourth-order valence-corrected chi connectivity index (χ4v) is 4.25. The van der Waals surface area contributed by atoms with Crippen LogP contribution in [0, 0.1) is 11.8 Å². The predicted molar refractivity (Wildman–Crippen MR) is 95.8 cm³/mol. The molecule has 27 heavy (non-hydrogen) atoms. The molecule has 3 amide bonds. The number of hydrogen-bond donors (Lipinski definition) is 0. The monoisotopic (exact) mass is 372 g/mol. The summed E-state index contributed by atoms with van der Waals surface area (Å²) in [6, 6.07) is 5.60. The Hall–Kier alpha value is -2.57. The number of fused-ring (bicyclic) bond motifs is 2. The van der Waals surface area contributed by atoms with E-state index in [9.17, 15) is 14.4 Å². The van der Waals surface area contributed by atoms with Crippen LogP contribution in [0.4, 0.5) is 0 Å². The molecular formula is C20H24N2O5. The van der Waals surface area contributed by atoms with Crippen molar-refractivity contribution in [1.82, 2.24) is 9.80 Å². The molecule has 7 heteroatoms. The van der Waals surface area contributed by atoms with Crippen LogP contribution in [0.25, 0.3) is 0 Å². The van der Waals surface area contributed by atoms with Gasteiger partial charge in [0.2, 0.25) is 24.5 Å². The zero-order valence-electron chi connectivity index (χ0n) is 15.5. The van der Waals surface area contributed by atoms with Crippen LogP contribution >= 0.6 is 0 Å². The van der Waals surface area contributed by atoms with E-state index in [0.29, 0.717) is 18.0 Å². The maximum Gasteiger partial charge on any atom is 0.233 e. The third kappa shape index (κ3) is 3.38. The second kappa shape index (κ2) is 7.21. The van der Waals surface area contributed by atoms with Crippen LogP contribution in [0.15, 0.2) is 18.2 Å². The average molecular weight is 372 g/mol. The molecule has 0 radical (unpaired) electrons. The van der Waals surface area contributed by atoms with Gasteiger partial charge in [0.05, 0.1) is 11.8 Å². The first kappa shape index (κ1) is 17.8. The summed E-state index contributed by atoms with van der Waals surface area (Å²) in [5.41, 5.74) is 0.939. The van der Waals surface area contributed by atoms with Gasteiger partial charge in [0, 0.05) is 26.6 Å². The number of rotatable bonds is 5. The quantitative estimate of drug-likeness (QED) is 0.739. The molecule has 2 atom stereocenters. The van der Waals surface area contributed by atoms with E-state index < -0.39 is 0 Å². The summed E-state index contributed by atoms with van der Waals surface area (Å²) in [6.45, 7) is 0.824. The van der Waals surface area contributed by atoms with Crippen LogP contribution in [0.2, 0.25) is 0 Å². The lowest BCUT2D eigenvalue weighted by molar-refractivity contribution is -0.140. The Bertz CT molecular complexity index is 754. The van der Waals surface area contributed by atoms with E-state index in [4.69, 9.17) is 9.47 Å². The molecular weight excluding hydrogens is 348 g/mol. The molecule has 1 aliphatic carbocycles. The molecule has 1 saturated carbocycles. The summed E-state index contributed by atoms with van der Waals surface area (Å²) in [6.07, 6.45) is 3.75. The molecule has 4 rings (SSSR count). The van der Waals surface area contributed by atoms with E-state index in [1.807, 2.05) is 18.2 Å². The number of amides is 3. The van der Waals surface area contributed by atoms with Gasteiger partial charge in [0.15, 0.2) is 11.5 Å². The number of nitrogens with zero attached hydrogens (tertiary/aromatic N) is 2. The van der Waals surface area contributed by atoms with Crippen molar-refractivity contribution in [2.45, 2.75) is 38.6 Å². The van der Waals surface area contributed by atoms with Gasteiger partial charge in [0.1, 0.15) is 0 Å². The lowest BCUT2D eigenvalue weighted by atomic mass is 9.81. The lowest BCUT2D eigenvalue weighted by Gasteiger charge is -2.20. The molecule has 0 aromatic heterocycles. The smallest absolute Gasteiger partial charge is 0.233 e. The van der Waals surface area contributed by atoms with Crippen molar-refractivity contribution < 1.29 is 23.9 Å². The Balaban J connectivity index is 1.32. The molecule has 7 nitrogen and oxygen atoms in total. The zero-order chi connectivity index (χ0) is 19.0. The summed E-state index contributed by atoms with van der Waals surface area (Å²) in [4.78, 5) is 40.4. The van der Waals surface area contributed by atoms with Crippen molar-refractivity contribution >= 4 is 17.7 Å². The second-order valence-corrected chi connectivity index (χ2v) is 7.51. The summed E-state index contributed by atoms with van der Waals surface area (Å²) in [5, 5.41) is 0. The number of imide groups is 1. The normalized spacial score (nSPS) is 23.5. The SMILES string of the molecule is CN(Cc1ccc2c(c1)OCO2)C(=O)CCN1C(=O)[C@@H]2CCCC[C@H]2C1=O. The van der Waals surface area contributed by atoms with Crippen LogP contribution in [0.3, 0.4) is 0 Å². The van der Waals surface area contributed by atoms with E-state index in [2.05, 4.69) is 0 Å². The lowest BCUT2D eigenvalue weighted by Crippen LogP contribution is -2.36. The third-order valence-corrected chi connectivity index (χ3v) is 5.76. The van der Waals surface area contributed by atoms with Gasteiger partial charge in [-0.2, -0.15) is 0 Å². The van der Waals surface area contributed by atoms with E-state index in [0.717, 1.165) is 31.2 Å². The van der Waals surface area contributed by atoms with Crippen molar-refractivity contribution in [2.24, 2.45) is 11.8 Å². The van der Waals surface area contributed by atoms with E-state index in [1.54, 1.807) is 11.9 Å². The molecule has 3 aliphatic rings.